The number of halogens is 3. The maximum Gasteiger partial charge on any atom is 0.228 e. The average molecular weight is 326 g/mol. The molecule has 2 aromatic carbocycles. The summed E-state index contributed by atoms with van der Waals surface area (Å²) < 4.78 is 26.9. The highest BCUT2D eigenvalue weighted by Gasteiger charge is 2.09. The number of nitrogens with one attached hydrogen (secondary N) is 1. The van der Waals surface area contributed by atoms with Gasteiger partial charge < -0.3 is 5.32 Å². The molecule has 0 aromatic heterocycles. The zero-order chi connectivity index (χ0) is 13.8. The van der Waals surface area contributed by atoms with E-state index in [1.54, 1.807) is 12.1 Å². The molecule has 0 aliphatic carbocycles. The van der Waals surface area contributed by atoms with Crippen LogP contribution in [0, 0.1) is 11.6 Å². The van der Waals surface area contributed by atoms with E-state index < -0.39 is 5.82 Å². The minimum absolute atomic E-state index is 0.0807. The minimum atomic E-state index is -0.433. The summed E-state index contributed by atoms with van der Waals surface area (Å²) in [5, 5.41) is 2.58. The Bertz CT molecular complexity index is 599. The predicted octanol–water partition coefficient (Wildman–Crippen LogP) is 3.91. The fraction of sp³-hybridized carbons (Fsp3) is 0.0714. The molecule has 2 aromatic rings. The lowest BCUT2D eigenvalue weighted by molar-refractivity contribution is -0.115. The van der Waals surface area contributed by atoms with Crippen molar-refractivity contribution in [3.8, 4) is 0 Å². The van der Waals surface area contributed by atoms with Crippen molar-refractivity contribution in [2.75, 3.05) is 5.32 Å². The fourth-order valence-corrected chi connectivity index (χ4v) is 2.00. The summed E-state index contributed by atoms with van der Waals surface area (Å²) in [6.07, 6.45) is -0.0807. The summed E-state index contributed by atoms with van der Waals surface area (Å²) >= 11 is 3.22. The SMILES string of the molecule is O=C(Cc1cc(Br)ccc1F)Nc1ccc(F)cc1. The number of amides is 1. The van der Waals surface area contributed by atoms with E-state index in [1.165, 1.54) is 30.3 Å². The normalized spacial score (nSPS) is 10.3. The molecule has 0 spiro atoms. The van der Waals surface area contributed by atoms with Gasteiger partial charge >= 0.3 is 0 Å². The molecule has 0 saturated carbocycles. The molecule has 0 heterocycles. The Kier molecular flexibility index (Phi) is 4.27. The van der Waals surface area contributed by atoms with Crippen LogP contribution in [-0.2, 0) is 11.2 Å². The number of rotatable bonds is 3. The van der Waals surface area contributed by atoms with Crippen LogP contribution in [0.15, 0.2) is 46.9 Å². The molecule has 0 atom stereocenters. The largest absolute Gasteiger partial charge is 0.326 e. The van der Waals surface area contributed by atoms with E-state index in [0.717, 1.165) is 0 Å². The lowest BCUT2D eigenvalue weighted by Gasteiger charge is -2.06. The maximum absolute atomic E-state index is 13.5. The highest BCUT2D eigenvalue weighted by molar-refractivity contribution is 9.10. The molecule has 0 bridgehead atoms. The Morgan fingerprint density at radius 1 is 1.11 bits per heavy atom. The summed E-state index contributed by atoms with van der Waals surface area (Å²) in [6.45, 7) is 0. The van der Waals surface area contributed by atoms with Crippen LogP contribution in [0.25, 0.3) is 0 Å². The van der Waals surface area contributed by atoms with Crippen molar-refractivity contribution in [2.24, 2.45) is 0 Å². The summed E-state index contributed by atoms with van der Waals surface area (Å²) in [5.74, 6) is -1.17. The summed E-state index contributed by atoms with van der Waals surface area (Å²) in [5.41, 5.74) is 0.774. The molecule has 2 rings (SSSR count). The van der Waals surface area contributed by atoms with Gasteiger partial charge in [0.05, 0.1) is 6.42 Å². The Morgan fingerprint density at radius 3 is 2.47 bits per heavy atom. The summed E-state index contributed by atoms with van der Waals surface area (Å²) in [6, 6.07) is 9.81. The molecule has 0 aliphatic heterocycles. The molecular formula is C14H10BrF2NO. The number of anilines is 1. The number of hydrogen-bond acceptors (Lipinski definition) is 1. The molecule has 19 heavy (non-hydrogen) atoms. The third-order valence-electron chi connectivity index (χ3n) is 2.49. The first kappa shape index (κ1) is 13.7. The zero-order valence-electron chi connectivity index (χ0n) is 9.79. The maximum atomic E-state index is 13.5. The summed E-state index contributed by atoms with van der Waals surface area (Å²) in [7, 11) is 0. The van der Waals surface area contributed by atoms with Crippen LogP contribution >= 0.6 is 15.9 Å². The van der Waals surface area contributed by atoms with E-state index in [0.29, 0.717) is 15.7 Å². The van der Waals surface area contributed by atoms with Crippen LogP contribution in [0.1, 0.15) is 5.56 Å². The smallest absolute Gasteiger partial charge is 0.228 e. The van der Waals surface area contributed by atoms with Crippen LogP contribution in [0.3, 0.4) is 0 Å². The molecular weight excluding hydrogens is 316 g/mol. The van der Waals surface area contributed by atoms with Crippen LogP contribution in [0.4, 0.5) is 14.5 Å². The van der Waals surface area contributed by atoms with Crippen molar-refractivity contribution < 1.29 is 13.6 Å². The van der Waals surface area contributed by atoms with Gasteiger partial charge in [-0.3, -0.25) is 4.79 Å². The van der Waals surface area contributed by atoms with E-state index in [4.69, 9.17) is 0 Å². The molecule has 2 nitrogen and oxygen atoms in total. The lowest BCUT2D eigenvalue weighted by Crippen LogP contribution is -2.15. The second-order valence-electron chi connectivity index (χ2n) is 3.97. The Hall–Kier alpha value is -1.75. The van der Waals surface area contributed by atoms with Gasteiger partial charge in [0.1, 0.15) is 11.6 Å². The molecule has 0 aliphatic rings. The van der Waals surface area contributed by atoms with Gasteiger partial charge in [-0.15, -0.1) is 0 Å². The molecule has 0 saturated heterocycles. The van der Waals surface area contributed by atoms with Crippen molar-refractivity contribution in [1.82, 2.24) is 0 Å². The first-order chi connectivity index (χ1) is 9.04. The third kappa shape index (κ3) is 3.86. The van der Waals surface area contributed by atoms with Gasteiger partial charge in [0.2, 0.25) is 5.91 Å². The van der Waals surface area contributed by atoms with E-state index in [2.05, 4.69) is 21.2 Å². The standard InChI is InChI=1S/C14H10BrF2NO/c15-10-1-6-13(17)9(7-10)8-14(19)18-12-4-2-11(16)3-5-12/h1-7H,8H2,(H,18,19). The molecule has 1 N–H and O–H groups in total. The molecule has 5 heteroatoms. The van der Waals surface area contributed by atoms with Crippen molar-refractivity contribution in [3.05, 3.63) is 64.1 Å². The van der Waals surface area contributed by atoms with Crippen molar-refractivity contribution in [2.45, 2.75) is 6.42 Å². The van der Waals surface area contributed by atoms with Gasteiger partial charge in [0, 0.05) is 10.2 Å². The number of carbonyl (C=O) groups is 1. The van der Waals surface area contributed by atoms with Crippen LogP contribution < -0.4 is 5.32 Å². The Morgan fingerprint density at radius 2 is 1.79 bits per heavy atom. The number of benzene rings is 2. The Balaban J connectivity index is 2.05. The molecule has 0 unspecified atom stereocenters. The fourth-order valence-electron chi connectivity index (χ4n) is 1.59. The average Bonchev–Trinajstić information content (AvgIpc) is 2.37. The van der Waals surface area contributed by atoms with Gasteiger partial charge in [-0.2, -0.15) is 0 Å². The molecule has 1 amide bonds. The Labute approximate surface area is 117 Å². The summed E-state index contributed by atoms with van der Waals surface area (Å²) in [4.78, 5) is 11.7. The van der Waals surface area contributed by atoms with Crippen molar-refractivity contribution >= 4 is 27.5 Å². The van der Waals surface area contributed by atoms with Gasteiger partial charge in [-0.1, -0.05) is 15.9 Å². The third-order valence-corrected chi connectivity index (χ3v) is 2.98. The topological polar surface area (TPSA) is 29.1 Å². The van der Waals surface area contributed by atoms with E-state index in [9.17, 15) is 13.6 Å². The predicted molar refractivity (Wildman–Crippen MR) is 72.8 cm³/mol. The quantitative estimate of drug-likeness (QED) is 0.910. The van der Waals surface area contributed by atoms with Crippen LogP contribution in [0.5, 0.6) is 0 Å². The van der Waals surface area contributed by atoms with Gasteiger partial charge in [0.15, 0.2) is 0 Å². The highest BCUT2D eigenvalue weighted by atomic mass is 79.9. The minimum Gasteiger partial charge on any atom is -0.326 e. The van der Waals surface area contributed by atoms with Crippen LogP contribution in [-0.4, -0.2) is 5.91 Å². The second-order valence-corrected chi connectivity index (χ2v) is 4.88. The number of carbonyl (C=O) groups excluding carboxylic acids is 1. The van der Waals surface area contributed by atoms with Gasteiger partial charge in [0.25, 0.3) is 0 Å². The monoisotopic (exact) mass is 325 g/mol. The number of hydrogen-bond donors (Lipinski definition) is 1. The molecule has 0 fully saturated rings. The highest BCUT2D eigenvalue weighted by Crippen LogP contribution is 2.17. The lowest BCUT2D eigenvalue weighted by atomic mass is 10.1. The first-order valence-corrected chi connectivity index (χ1v) is 6.33. The van der Waals surface area contributed by atoms with Gasteiger partial charge in [-0.25, -0.2) is 8.78 Å². The van der Waals surface area contributed by atoms with Crippen molar-refractivity contribution in [3.63, 3.8) is 0 Å². The van der Waals surface area contributed by atoms with Gasteiger partial charge in [-0.05, 0) is 48.0 Å². The van der Waals surface area contributed by atoms with E-state index >= 15 is 0 Å². The second kappa shape index (κ2) is 5.93. The van der Waals surface area contributed by atoms with Crippen LogP contribution in [0.2, 0.25) is 0 Å². The van der Waals surface area contributed by atoms with Crippen molar-refractivity contribution in [1.29, 1.82) is 0 Å². The zero-order valence-corrected chi connectivity index (χ0v) is 11.4. The molecule has 98 valence electrons. The molecule has 0 radical (unpaired) electrons. The van der Waals surface area contributed by atoms with E-state index in [-0.39, 0.29) is 18.1 Å². The van der Waals surface area contributed by atoms with E-state index in [1.807, 2.05) is 0 Å². The first-order valence-electron chi connectivity index (χ1n) is 5.54.